The lowest BCUT2D eigenvalue weighted by Crippen LogP contribution is -2.54. The standard InChI is InChI=1S/C26H27N5O3/c1-17-2-4-18(5-3-17)11-27-26(34)22-12-30(13-22)25-23-10-21(14-31(23)29-16-28-25)19-6-8-20(9-7-19)24(33)15-32/h2-10,14,16,22,24,32-33H,11-13,15H2,1H3,(H,27,34). The van der Waals surface area contributed by atoms with Crippen LogP contribution in [0.5, 0.6) is 0 Å². The van der Waals surface area contributed by atoms with Crippen LogP contribution < -0.4 is 10.2 Å². The number of benzene rings is 2. The first-order valence-corrected chi connectivity index (χ1v) is 11.3. The summed E-state index contributed by atoms with van der Waals surface area (Å²) in [5.74, 6) is 0.791. The van der Waals surface area contributed by atoms with E-state index in [-0.39, 0.29) is 18.4 Å². The fraction of sp³-hybridized carbons (Fsp3) is 0.269. The van der Waals surface area contributed by atoms with Crippen molar-refractivity contribution in [1.29, 1.82) is 0 Å². The number of nitrogens with one attached hydrogen (secondary N) is 1. The number of hydrogen-bond donors (Lipinski definition) is 3. The van der Waals surface area contributed by atoms with Gasteiger partial charge in [-0.15, -0.1) is 0 Å². The molecular formula is C26H27N5O3. The van der Waals surface area contributed by atoms with Gasteiger partial charge in [-0.2, -0.15) is 5.10 Å². The number of carbonyl (C=O) groups excluding carboxylic acids is 1. The van der Waals surface area contributed by atoms with E-state index in [2.05, 4.69) is 20.3 Å². The van der Waals surface area contributed by atoms with Crippen molar-refractivity contribution in [3.05, 3.63) is 83.8 Å². The van der Waals surface area contributed by atoms with E-state index in [1.807, 2.05) is 55.6 Å². The van der Waals surface area contributed by atoms with Gasteiger partial charge in [-0.1, -0.05) is 54.1 Å². The topological polar surface area (TPSA) is 103 Å². The second kappa shape index (κ2) is 9.24. The molecular weight excluding hydrogens is 430 g/mol. The Balaban J connectivity index is 1.25. The number of rotatable bonds is 7. The summed E-state index contributed by atoms with van der Waals surface area (Å²) >= 11 is 0. The zero-order valence-electron chi connectivity index (χ0n) is 18.9. The lowest BCUT2D eigenvalue weighted by atomic mass is 9.99. The van der Waals surface area contributed by atoms with Crippen molar-refractivity contribution in [3.8, 4) is 11.1 Å². The summed E-state index contributed by atoms with van der Waals surface area (Å²) in [6.45, 7) is 3.49. The molecule has 8 nitrogen and oxygen atoms in total. The van der Waals surface area contributed by atoms with Crippen LogP contribution in [0.1, 0.15) is 22.8 Å². The maximum absolute atomic E-state index is 12.6. The molecule has 1 fully saturated rings. The number of anilines is 1. The van der Waals surface area contributed by atoms with Crippen LogP contribution in [0.15, 0.2) is 67.1 Å². The molecule has 2 aromatic carbocycles. The zero-order valence-corrected chi connectivity index (χ0v) is 18.9. The van der Waals surface area contributed by atoms with Gasteiger partial charge in [0.15, 0.2) is 5.82 Å². The Morgan fingerprint density at radius 1 is 1.12 bits per heavy atom. The highest BCUT2D eigenvalue weighted by atomic mass is 16.3. The van der Waals surface area contributed by atoms with Crippen molar-refractivity contribution in [3.63, 3.8) is 0 Å². The molecule has 1 aliphatic rings. The molecule has 1 atom stereocenters. The van der Waals surface area contributed by atoms with E-state index in [4.69, 9.17) is 5.11 Å². The summed E-state index contributed by atoms with van der Waals surface area (Å²) < 4.78 is 1.79. The number of aromatic nitrogens is 3. The molecule has 1 unspecified atom stereocenters. The number of hydrogen-bond acceptors (Lipinski definition) is 6. The van der Waals surface area contributed by atoms with E-state index in [1.54, 1.807) is 16.6 Å². The van der Waals surface area contributed by atoms with Crippen molar-refractivity contribution in [1.82, 2.24) is 19.9 Å². The summed E-state index contributed by atoms with van der Waals surface area (Å²) in [5.41, 5.74) is 5.78. The molecule has 0 radical (unpaired) electrons. The maximum Gasteiger partial charge on any atom is 0.226 e. The van der Waals surface area contributed by atoms with Gasteiger partial charge < -0.3 is 20.4 Å². The normalized spacial score (nSPS) is 14.7. The van der Waals surface area contributed by atoms with Gasteiger partial charge >= 0.3 is 0 Å². The number of fused-ring (bicyclic) bond motifs is 1. The van der Waals surface area contributed by atoms with E-state index in [0.717, 1.165) is 28.0 Å². The molecule has 1 saturated heterocycles. The van der Waals surface area contributed by atoms with Crippen LogP contribution in [0.25, 0.3) is 16.6 Å². The van der Waals surface area contributed by atoms with Gasteiger partial charge in [-0.25, -0.2) is 9.50 Å². The molecule has 8 heteroatoms. The van der Waals surface area contributed by atoms with Crippen LogP contribution in [0, 0.1) is 12.8 Å². The fourth-order valence-electron chi connectivity index (χ4n) is 4.18. The van der Waals surface area contributed by atoms with Crippen LogP contribution in [0.3, 0.4) is 0 Å². The zero-order chi connectivity index (χ0) is 23.7. The van der Waals surface area contributed by atoms with Gasteiger partial charge in [0.2, 0.25) is 5.91 Å². The van der Waals surface area contributed by atoms with Crippen LogP contribution >= 0.6 is 0 Å². The minimum atomic E-state index is -0.881. The average molecular weight is 458 g/mol. The Hall–Kier alpha value is -3.75. The summed E-state index contributed by atoms with van der Waals surface area (Å²) in [6, 6.07) is 17.6. The van der Waals surface area contributed by atoms with Gasteiger partial charge in [-0.3, -0.25) is 4.79 Å². The van der Waals surface area contributed by atoms with Crippen molar-refractivity contribution in [2.75, 3.05) is 24.6 Å². The third-order valence-electron chi connectivity index (χ3n) is 6.33. The third kappa shape index (κ3) is 4.37. The maximum atomic E-state index is 12.6. The van der Waals surface area contributed by atoms with Crippen LogP contribution in [0.2, 0.25) is 0 Å². The first-order valence-electron chi connectivity index (χ1n) is 11.3. The van der Waals surface area contributed by atoms with Crippen LogP contribution in [-0.4, -0.2) is 50.4 Å². The largest absolute Gasteiger partial charge is 0.393 e. The Kier molecular flexibility index (Phi) is 6.00. The van der Waals surface area contributed by atoms with Gasteiger partial charge in [0.1, 0.15) is 17.9 Å². The molecule has 0 saturated carbocycles. The molecule has 4 aromatic rings. The predicted molar refractivity (Wildman–Crippen MR) is 129 cm³/mol. The third-order valence-corrected chi connectivity index (χ3v) is 6.33. The van der Waals surface area contributed by atoms with Crippen molar-refractivity contribution >= 4 is 17.2 Å². The minimum absolute atomic E-state index is 0.0585. The number of nitrogens with zero attached hydrogens (tertiary/aromatic N) is 4. The minimum Gasteiger partial charge on any atom is -0.393 e. The Labute approximate surface area is 197 Å². The molecule has 5 rings (SSSR count). The molecule has 0 aliphatic carbocycles. The Morgan fingerprint density at radius 3 is 2.56 bits per heavy atom. The monoisotopic (exact) mass is 457 g/mol. The summed E-state index contributed by atoms with van der Waals surface area (Å²) in [4.78, 5) is 19.2. The predicted octanol–water partition coefficient (Wildman–Crippen LogP) is 2.48. The molecule has 1 aliphatic heterocycles. The number of carbonyl (C=O) groups is 1. The van der Waals surface area contributed by atoms with Crippen molar-refractivity contribution in [2.45, 2.75) is 19.6 Å². The molecule has 0 spiro atoms. The lowest BCUT2D eigenvalue weighted by Gasteiger charge is -2.39. The average Bonchev–Trinajstić information content (AvgIpc) is 3.27. The molecule has 3 N–H and O–H groups in total. The van der Waals surface area contributed by atoms with E-state index >= 15 is 0 Å². The molecule has 174 valence electrons. The molecule has 34 heavy (non-hydrogen) atoms. The first kappa shape index (κ1) is 22.1. The highest BCUT2D eigenvalue weighted by molar-refractivity contribution is 5.84. The van der Waals surface area contributed by atoms with E-state index in [9.17, 15) is 9.90 Å². The second-order valence-electron chi connectivity index (χ2n) is 8.77. The van der Waals surface area contributed by atoms with Crippen molar-refractivity contribution in [2.24, 2.45) is 5.92 Å². The Bertz CT molecular complexity index is 1290. The lowest BCUT2D eigenvalue weighted by molar-refractivity contribution is -0.125. The van der Waals surface area contributed by atoms with Crippen LogP contribution in [-0.2, 0) is 11.3 Å². The van der Waals surface area contributed by atoms with E-state index < -0.39 is 6.10 Å². The van der Waals surface area contributed by atoms with Crippen LogP contribution in [0.4, 0.5) is 5.82 Å². The summed E-state index contributed by atoms with van der Waals surface area (Å²) in [7, 11) is 0. The number of amides is 1. The molecule has 3 heterocycles. The smallest absolute Gasteiger partial charge is 0.226 e. The quantitative estimate of drug-likeness (QED) is 0.394. The highest BCUT2D eigenvalue weighted by Crippen LogP contribution is 2.31. The number of aliphatic hydroxyl groups is 2. The Morgan fingerprint density at radius 2 is 1.85 bits per heavy atom. The van der Waals surface area contributed by atoms with E-state index in [1.165, 1.54) is 11.9 Å². The SMILES string of the molecule is Cc1ccc(CNC(=O)C2CN(c3ncnn4cc(-c5ccc(C(O)CO)cc5)cc34)C2)cc1. The number of aliphatic hydroxyl groups excluding tert-OH is 2. The summed E-state index contributed by atoms with van der Waals surface area (Å²) in [5, 5.41) is 26.3. The molecule has 0 bridgehead atoms. The molecule has 2 aromatic heterocycles. The summed E-state index contributed by atoms with van der Waals surface area (Å²) in [6.07, 6.45) is 2.58. The van der Waals surface area contributed by atoms with Gasteiger partial charge in [-0.05, 0) is 29.7 Å². The van der Waals surface area contributed by atoms with E-state index in [0.29, 0.717) is 25.2 Å². The number of aryl methyl sites for hydroxylation is 1. The van der Waals surface area contributed by atoms with Gasteiger partial charge in [0.05, 0.1) is 12.5 Å². The fourth-order valence-corrected chi connectivity index (χ4v) is 4.18. The van der Waals surface area contributed by atoms with Gasteiger partial charge in [0.25, 0.3) is 0 Å². The first-order chi connectivity index (χ1) is 16.5. The molecule has 1 amide bonds. The second-order valence-corrected chi connectivity index (χ2v) is 8.77. The van der Waals surface area contributed by atoms with Crippen molar-refractivity contribution < 1.29 is 15.0 Å². The van der Waals surface area contributed by atoms with Gasteiger partial charge in [0, 0.05) is 31.4 Å². The highest BCUT2D eigenvalue weighted by Gasteiger charge is 2.34.